The minimum atomic E-state index is 0.0193. The zero-order chi connectivity index (χ0) is 16.8. The van der Waals surface area contributed by atoms with Crippen LogP contribution in [-0.2, 0) is 17.1 Å². The van der Waals surface area contributed by atoms with Crippen molar-refractivity contribution in [2.24, 2.45) is 0 Å². The molecular weight excluding hydrogens is 364 g/mol. The first-order valence-corrected chi connectivity index (χ1v) is 9.70. The molecule has 2 heterocycles. The van der Waals surface area contributed by atoms with Gasteiger partial charge in [0.15, 0.2) is 0 Å². The lowest BCUT2D eigenvalue weighted by Gasteiger charge is -2.02. The minimum absolute atomic E-state index is 0.0193. The maximum atomic E-state index is 11.8. The van der Waals surface area contributed by atoms with Gasteiger partial charge in [-0.3, -0.25) is 4.79 Å². The molecule has 1 amide bonds. The number of carbonyl (C=O) groups excluding carboxylic acids is 1. The zero-order valence-electron chi connectivity index (χ0n) is 12.7. The SMILES string of the molecule is O=C(CSCc1cc(-c2ccc(Cl)cc2)no1)NCc1cccs1. The number of benzene rings is 1. The van der Waals surface area contributed by atoms with Crippen molar-refractivity contribution < 1.29 is 9.32 Å². The number of hydrogen-bond donors (Lipinski definition) is 1. The van der Waals surface area contributed by atoms with Crippen LogP contribution in [0.25, 0.3) is 11.3 Å². The zero-order valence-corrected chi connectivity index (χ0v) is 15.1. The second kappa shape index (κ2) is 8.37. The molecule has 24 heavy (non-hydrogen) atoms. The molecule has 0 atom stereocenters. The molecule has 4 nitrogen and oxygen atoms in total. The topological polar surface area (TPSA) is 55.1 Å². The van der Waals surface area contributed by atoms with Crippen LogP contribution in [0.2, 0.25) is 5.02 Å². The molecule has 0 aliphatic heterocycles. The molecule has 0 saturated carbocycles. The first kappa shape index (κ1) is 17.1. The van der Waals surface area contributed by atoms with Crippen molar-refractivity contribution in [3.05, 3.63) is 63.5 Å². The average Bonchev–Trinajstić information content (AvgIpc) is 3.25. The largest absolute Gasteiger partial charge is 0.360 e. The first-order chi connectivity index (χ1) is 11.7. The summed E-state index contributed by atoms with van der Waals surface area (Å²) in [6.45, 7) is 0.583. The maximum absolute atomic E-state index is 11.8. The highest BCUT2D eigenvalue weighted by Crippen LogP contribution is 2.23. The number of hydrogen-bond acceptors (Lipinski definition) is 5. The summed E-state index contributed by atoms with van der Waals surface area (Å²) in [6.07, 6.45) is 0. The molecule has 0 aliphatic rings. The molecule has 0 radical (unpaired) electrons. The predicted molar refractivity (Wildman–Crippen MR) is 99.3 cm³/mol. The van der Waals surface area contributed by atoms with Gasteiger partial charge in [0.1, 0.15) is 11.5 Å². The fourth-order valence-electron chi connectivity index (χ4n) is 2.03. The van der Waals surface area contributed by atoms with Gasteiger partial charge in [0.05, 0.1) is 18.1 Å². The Morgan fingerprint density at radius 3 is 2.88 bits per heavy atom. The van der Waals surface area contributed by atoms with Crippen LogP contribution in [-0.4, -0.2) is 16.8 Å². The molecular formula is C17H15ClN2O2S2. The predicted octanol–water partition coefficient (Wildman–Crippen LogP) is 4.61. The highest BCUT2D eigenvalue weighted by Gasteiger charge is 2.08. The van der Waals surface area contributed by atoms with Crippen LogP contribution in [0.5, 0.6) is 0 Å². The van der Waals surface area contributed by atoms with Gasteiger partial charge in [0.25, 0.3) is 0 Å². The third-order valence-electron chi connectivity index (χ3n) is 3.22. The summed E-state index contributed by atoms with van der Waals surface area (Å²) in [5.41, 5.74) is 1.72. The molecule has 7 heteroatoms. The van der Waals surface area contributed by atoms with Gasteiger partial charge in [-0.05, 0) is 23.6 Å². The molecule has 0 spiro atoms. The second-order valence-corrected chi connectivity index (χ2v) is 7.49. The number of thioether (sulfide) groups is 1. The number of thiophene rings is 1. The third kappa shape index (κ3) is 4.87. The molecule has 2 aromatic heterocycles. The van der Waals surface area contributed by atoms with E-state index in [4.69, 9.17) is 16.1 Å². The van der Waals surface area contributed by atoms with Crippen molar-refractivity contribution in [2.45, 2.75) is 12.3 Å². The van der Waals surface area contributed by atoms with Crippen LogP contribution < -0.4 is 5.32 Å². The quantitative estimate of drug-likeness (QED) is 0.652. The van der Waals surface area contributed by atoms with E-state index >= 15 is 0 Å². The molecule has 0 bridgehead atoms. The van der Waals surface area contributed by atoms with E-state index in [9.17, 15) is 4.79 Å². The Bertz CT molecular complexity index is 785. The van der Waals surface area contributed by atoms with Crippen LogP contribution in [0.4, 0.5) is 0 Å². The molecule has 0 aliphatic carbocycles. The molecule has 1 N–H and O–H groups in total. The summed E-state index contributed by atoms with van der Waals surface area (Å²) in [5.74, 6) is 1.76. The smallest absolute Gasteiger partial charge is 0.230 e. The van der Waals surface area contributed by atoms with E-state index in [2.05, 4.69) is 10.5 Å². The van der Waals surface area contributed by atoms with Crippen molar-refractivity contribution in [3.63, 3.8) is 0 Å². The number of amides is 1. The molecule has 3 rings (SSSR count). The molecule has 0 fully saturated rings. The fourth-order valence-corrected chi connectivity index (χ4v) is 3.53. The molecule has 0 saturated heterocycles. The Morgan fingerprint density at radius 1 is 1.29 bits per heavy atom. The van der Waals surface area contributed by atoms with Gasteiger partial charge < -0.3 is 9.84 Å². The summed E-state index contributed by atoms with van der Waals surface area (Å²) in [5, 5.41) is 9.64. The van der Waals surface area contributed by atoms with Gasteiger partial charge in [-0.1, -0.05) is 35.0 Å². The Morgan fingerprint density at radius 2 is 2.12 bits per heavy atom. The number of nitrogens with zero attached hydrogens (tertiary/aromatic N) is 1. The van der Waals surface area contributed by atoms with E-state index in [0.717, 1.165) is 21.9 Å². The second-order valence-electron chi connectivity index (χ2n) is 5.03. The Kier molecular flexibility index (Phi) is 5.96. The number of halogens is 1. The van der Waals surface area contributed by atoms with Crippen molar-refractivity contribution in [1.82, 2.24) is 10.5 Å². The van der Waals surface area contributed by atoms with Gasteiger partial charge >= 0.3 is 0 Å². The van der Waals surface area contributed by atoms with Crippen LogP contribution in [0.15, 0.2) is 52.4 Å². The standard InChI is InChI=1S/C17H15ClN2O2S2/c18-13-5-3-12(4-6-13)16-8-14(22-20-16)10-23-11-17(21)19-9-15-2-1-7-24-15/h1-8H,9-11H2,(H,19,21). The normalized spacial score (nSPS) is 10.7. The van der Waals surface area contributed by atoms with Crippen molar-refractivity contribution >= 4 is 40.6 Å². The van der Waals surface area contributed by atoms with Crippen LogP contribution in [0.1, 0.15) is 10.6 Å². The number of carbonyl (C=O) groups is 1. The lowest BCUT2D eigenvalue weighted by molar-refractivity contribution is -0.118. The highest BCUT2D eigenvalue weighted by molar-refractivity contribution is 7.99. The van der Waals surface area contributed by atoms with Crippen molar-refractivity contribution in [3.8, 4) is 11.3 Å². The van der Waals surface area contributed by atoms with E-state index < -0.39 is 0 Å². The van der Waals surface area contributed by atoms with Gasteiger partial charge in [0, 0.05) is 21.5 Å². The summed E-state index contributed by atoms with van der Waals surface area (Å²) < 4.78 is 5.32. The van der Waals surface area contributed by atoms with E-state index in [-0.39, 0.29) is 5.91 Å². The monoisotopic (exact) mass is 378 g/mol. The van der Waals surface area contributed by atoms with E-state index in [1.165, 1.54) is 11.8 Å². The van der Waals surface area contributed by atoms with Crippen molar-refractivity contribution in [1.29, 1.82) is 0 Å². The number of rotatable bonds is 7. The Labute approximate surface area is 153 Å². The number of aromatic nitrogens is 1. The highest BCUT2D eigenvalue weighted by atomic mass is 35.5. The van der Waals surface area contributed by atoms with Gasteiger partial charge in [0.2, 0.25) is 5.91 Å². The maximum Gasteiger partial charge on any atom is 0.230 e. The fraction of sp³-hybridized carbons (Fsp3) is 0.176. The molecule has 1 aromatic carbocycles. The van der Waals surface area contributed by atoms with Crippen LogP contribution >= 0.6 is 34.7 Å². The Hall–Kier alpha value is -1.76. The van der Waals surface area contributed by atoms with E-state index in [1.807, 2.05) is 47.8 Å². The number of nitrogens with one attached hydrogen (secondary N) is 1. The summed E-state index contributed by atoms with van der Waals surface area (Å²) in [4.78, 5) is 13.0. The van der Waals surface area contributed by atoms with Gasteiger partial charge in [-0.2, -0.15) is 0 Å². The minimum Gasteiger partial charge on any atom is -0.360 e. The van der Waals surface area contributed by atoms with E-state index in [1.54, 1.807) is 11.3 Å². The van der Waals surface area contributed by atoms with Crippen LogP contribution in [0, 0.1) is 0 Å². The lowest BCUT2D eigenvalue weighted by atomic mass is 10.1. The van der Waals surface area contributed by atoms with E-state index in [0.29, 0.717) is 23.1 Å². The average molecular weight is 379 g/mol. The third-order valence-corrected chi connectivity index (χ3v) is 5.30. The molecule has 0 unspecified atom stereocenters. The Balaban J connectivity index is 1.43. The summed E-state index contributed by atoms with van der Waals surface area (Å²) in [6, 6.07) is 13.3. The summed E-state index contributed by atoms with van der Waals surface area (Å²) in [7, 11) is 0. The molecule has 3 aromatic rings. The summed E-state index contributed by atoms with van der Waals surface area (Å²) >= 11 is 9.01. The molecule has 124 valence electrons. The van der Waals surface area contributed by atoms with Crippen molar-refractivity contribution in [2.75, 3.05) is 5.75 Å². The van der Waals surface area contributed by atoms with Gasteiger partial charge in [-0.25, -0.2) is 0 Å². The lowest BCUT2D eigenvalue weighted by Crippen LogP contribution is -2.24. The first-order valence-electron chi connectivity index (χ1n) is 7.29. The van der Waals surface area contributed by atoms with Crippen LogP contribution in [0.3, 0.4) is 0 Å². The van der Waals surface area contributed by atoms with Gasteiger partial charge in [-0.15, -0.1) is 23.1 Å².